The maximum absolute atomic E-state index is 9.60. The molecule has 1 aliphatic rings. The maximum atomic E-state index is 9.60. The molecule has 0 spiro atoms. The number of hydrogen-bond acceptors (Lipinski definition) is 3. The van der Waals surface area contributed by atoms with E-state index in [1.54, 1.807) is 0 Å². The zero-order valence-electron chi connectivity index (χ0n) is 9.93. The van der Waals surface area contributed by atoms with Gasteiger partial charge in [-0.2, -0.15) is 0 Å². The average molecular weight is 231 g/mol. The van der Waals surface area contributed by atoms with Crippen molar-refractivity contribution in [3.05, 3.63) is 24.3 Å². The lowest BCUT2D eigenvalue weighted by Gasteiger charge is -2.16. The van der Waals surface area contributed by atoms with E-state index < -0.39 is 0 Å². The zero-order chi connectivity index (χ0) is 11.8. The van der Waals surface area contributed by atoms with Gasteiger partial charge in [-0.15, -0.1) is 0 Å². The van der Waals surface area contributed by atoms with Crippen molar-refractivity contribution < 1.29 is 5.11 Å². The summed E-state index contributed by atoms with van der Waals surface area (Å²) in [4.78, 5) is 10.1. The van der Waals surface area contributed by atoms with Crippen LogP contribution in [0, 0.1) is 5.92 Å². The highest BCUT2D eigenvalue weighted by Gasteiger charge is 2.27. The molecule has 3 rings (SSSR count). The van der Waals surface area contributed by atoms with Crippen LogP contribution in [0.2, 0.25) is 0 Å². The van der Waals surface area contributed by atoms with Crippen molar-refractivity contribution in [1.82, 2.24) is 9.97 Å². The lowest BCUT2D eigenvalue weighted by molar-refractivity contribution is 0.136. The highest BCUT2D eigenvalue weighted by molar-refractivity contribution is 5.77. The molecule has 2 N–H and O–H groups in total. The lowest BCUT2D eigenvalue weighted by atomic mass is 10.0. The number of aliphatic hydroxyl groups excluding tert-OH is 1. The summed E-state index contributed by atoms with van der Waals surface area (Å²) in [5, 5.41) is 9.60. The number of fused-ring (bicyclic) bond motifs is 1. The van der Waals surface area contributed by atoms with Crippen molar-refractivity contribution >= 4 is 17.0 Å². The normalized spacial score (nSPS) is 22.2. The molecule has 2 atom stereocenters. The molecule has 4 heteroatoms. The number of anilines is 1. The van der Waals surface area contributed by atoms with Crippen LogP contribution in [-0.4, -0.2) is 34.3 Å². The number of H-pyrrole nitrogens is 1. The Balaban J connectivity index is 1.85. The smallest absolute Gasteiger partial charge is 0.203 e. The third-order valence-corrected chi connectivity index (χ3v) is 3.58. The van der Waals surface area contributed by atoms with Gasteiger partial charge in [-0.1, -0.05) is 12.1 Å². The van der Waals surface area contributed by atoms with Gasteiger partial charge in [-0.3, -0.25) is 0 Å². The van der Waals surface area contributed by atoms with Crippen LogP contribution in [0.4, 0.5) is 5.95 Å². The largest absolute Gasteiger partial charge is 0.393 e. The van der Waals surface area contributed by atoms with Crippen LogP contribution in [0.5, 0.6) is 0 Å². The van der Waals surface area contributed by atoms with Gasteiger partial charge in [0.1, 0.15) is 0 Å². The standard InChI is InChI=1S/C13H17N3O/c1-9(17)10-6-7-16(8-10)13-14-11-4-2-3-5-12(11)15-13/h2-5,9-10,17H,6-8H2,1H3,(H,14,15). The first-order chi connectivity index (χ1) is 8.24. The van der Waals surface area contributed by atoms with E-state index in [0.29, 0.717) is 5.92 Å². The number of imidazole rings is 1. The van der Waals surface area contributed by atoms with Crippen molar-refractivity contribution in [1.29, 1.82) is 0 Å². The molecule has 1 saturated heterocycles. The number of para-hydroxylation sites is 2. The van der Waals surface area contributed by atoms with Crippen molar-refractivity contribution in [2.24, 2.45) is 5.92 Å². The van der Waals surface area contributed by atoms with E-state index in [4.69, 9.17) is 0 Å². The summed E-state index contributed by atoms with van der Waals surface area (Å²) in [6.45, 7) is 3.72. The van der Waals surface area contributed by atoms with Gasteiger partial charge in [-0.05, 0) is 25.5 Å². The van der Waals surface area contributed by atoms with Crippen molar-refractivity contribution in [2.45, 2.75) is 19.4 Å². The van der Waals surface area contributed by atoms with Crippen LogP contribution in [0.1, 0.15) is 13.3 Å². The first kappa shape index (κ1) is 10.6. The second kappa shape index (κ2) is 4.04. The molecular weight excluding hydrogens is 214 g/mol. The molecule has 2 unspecified atom stereocenters. The molecule has 0 saturated carbocycles. The molecule has 90 valence electrons. The number of benzene rings is 1. The highest BCUT2D eigenvalue weighted by Crippen LogP contribution is 2.25. The van der Waals surface area contributed by atoms with Crippen LogP contribution < -0.4 is 4.90 Å². The Kier molecular flexibility index (Phi) is 2.52. The van der Waals surface area contributed by atoms with Gasteiger partial charge in [0.2, 0.25) is 5.95 Å². The molecule has 1 aliphatic heterocycles. The lowest BCUT2D eigenvalue weighted by Crippen LogP contribution is -2.24. The van der Waals surface area contributed by atoms with Gasteiger partial charge in [-0.25, -0.2) is 4.98 Å². The van der Waals surface area contributed by atoms with Crippen LogP contribution in [0.15, 0.2) is 24.3 Å². The van der Waals surface area contributed by atoms with Gasteiger partial charge in [0, 0.05) is 19.0 Å². The molecule has 2 heterocycles. The predicted molar refractivity (Wildman–Crippen MR) is 68.1 cm³/mol. The third-order valence-electron chi connectivity index (χ3n) is 3.58. The topological polar surface area (TPSA) is 52.1 Å². The molecular formula is C13H17N3O. The van der Waals surface area contributed by atoms with Crippen molar-refractivity contribution in [3.8, 4) is 0 Å². The number of rotatable bonds is 2. The van der Waals surface area contributed by atoms with E-state index >= 15 is 0 Å². The summed E-state index contributed by atoms with van der Waals surface area (Å²) >= 11 is 0. The van der Waals surface area contributed by atoms with E-state index in [9.17, 15) is 5.11 Å². The zero-order valence-corrected chi connectivity index (χ0v) is 9.93. The summed E-state index contributed by atoms with van der Waals surface area (Å²) in [6.07, 6.45) is 0.804. The highest BCUT2D eigenvalue weighted by atomic mass is 16.3. The fourth-order valence-corrected chi connectivity index (χ4v) is 2.46. The van der Waals surface area contributed by atoms with Crippen molar-refractivity contribution in [2.75, 3.05) is 18.0 Å². The van der Waals surface area contributed by atoms with Crippen LogP contribution >= 0.6 is 0 Å². The van der Waals surface area contributed by atoms with Gasteiger partial charge < -0.3 is 15.0 Å². The molecule has 1 aromatic carbocycles. The van der Waals surface area contributed by atoms with E-state index in [2.05, 4.69) is 14.9 Å². The number of nitrogens with one attached hydrogen (secondary N) is 1. The van der Waals surface area contributed by atoms with E-state index in [1.807, 2.05) is 31.2 Å². The Morgan fingerprint density at radius 2 is 2.29 bits per heavy atom. The summed E-state index contributed by atoms with van der Waals surface area (Å²) in [5.41, 5.74) is 2.07. The van der Waals surface area contributed by atoms with E-state index in [0.717, 1.165) is 36.5 Å². The van der Waals surface area contributed by atoms with Crippen LogP contribution in [-0.2, 0) is 0 Å². The summed E-state index contributed by atoms with van der Waals surface area (Å²) < 4.78 is 0. The Morgan fingerprint density at radius 3 is 3.00 bits per heavy atom. The fraction of sp³-hybridized carbons (Fsp3) is 0.462. The fourth-order valence-electron chi connectivity index (χ4n) is 2.46. The Bertz CT molecular complexity index is 487. The summed E-state index contributed by atoms with van der Waals surface area (Å²) in [6, 6.07) is 8.05. The SMILES string of the molecule is CC(O)C1CCN(c2nc3ccccc3[nH]2)C1. The first-order valence-electron chi connectivity index (χ1n) is 6.12. The number of aliphatic hydroxyl groups is 1. The molecule has 1 aromatic heterocycles. The quantitative estimate of drug-likeness (QED) is 0.828. The van der Waals surface area contributed by atoms with Crippen LogP contribution in [0.3, 0.4) is 0 Å². The predicted octanol–water partition coefficient (Wildman–Crippen LogP) is 1.77. The molecule has 0 bridgehead atoms. The van der Waals surface area contributed by atoms with E-state index in [-0.39, 0.29) is 6.10 Å². The van der Waals surface area contributed by atoms with E-state index in [1.165, 1.54) is 0 Å². The van der Waals surface area contributed by atoms with Gasteiger partial charge in [0.05, 0.1) is 17.1 Å². The first-order valence-corrected chi connectivity index (χ1v) is 6.12. The van der Waals surface area contributed by atoms with Gasteiger partial charge in [0.25, 0.3) is 0 Å². The molecule has 0 radical (unpaired) electrons. The maximum Gasteiger partial charge on any atom is 0.203 e. The minimum Gasteiger partial charge on any atom is -0.393 e. The minimum atomic E-state index is -0.232. The average Bonchev–Trinajstić information content (AvgIpc) is 2.95. The molecule has 4 nitrogen and oxygen atoms in total. The minimum absolute atomic E-state index is 0.232. The second-order valence-corrected chi connectivity index (χ2v) is 4.81. The van der Waals surface area contributed by atoms with Gasteiger partial charge in [0.15, 0.2) is 0 Å². The van der Waals surface area contributed by atoms with Crippen LogP contribution in [0.25, 0.3) is 11.0 Å². The number of nitrogens with zero attached hydrogens (tertiary/aromatic N) is 2. The summed E-state index contributed by atoms with van der Waals surface area (Å²) in [5.74, 6) is 1.29. The Hall–Kier alpha value is -1.55. The number of aromatic amines is 1. The molecule has 1 fully saturated rings. The second-order valence-electron chi connectivity index (χ2n) is 4.81. The molecule has 0 aliphatic carbocycles. The molecule has 2 aromatic rings. The summed E-state index contributed by atoms with van der Waals surface area (Å²) in [7, 11) is 0. The molecule has 0 amide bonds. The number of aromatic nitrogens is 2. The third kappa shape index (κ3) is 1.89. The Labute approximate surface area is 100 Å². The van der Waals surface area contributed by atoms with Gasteiger partial charge >= 0.3 is 0 Å². The Morgan fingerprint density at radius 1 is 1.47 bits per heavy atom. The van der Waals surface area contributed by atoms with Crippen molar-refractivity contribution in [3.63, 3.8) is 0 Å². The molecule has 17 heavy (non-hydrogen) atoms. The number of hydrogen-bond donors (Lipinski definition) is 2. The monoisotopic (exact) mass is 231 g/mol.